The number of carbonyl (C=O) groups excluding carboxylic acids is 2. The van der Waals surface area contributed by atoms with E-state index in [-0.39, 0.29) is 41.9 Å². The number of nitrogens with zero attached hydrogens (tertiary/aromatic N) is 2. The molecule has 1 fully saturated rings. The SMILES string of the molecule is COC(=O)c1csc(S(=O)(=O)N2CCN(C(=O)c3cc4cc(Cl)ccc4[nH]3)CC2)c1. The number of piperazine rings is 1. The lowest BCUT2D eigenvalue weighted by Gasteiger charge is -2.33. The minimum Gasteiger partial charge on any atom is -0.465 e. The summed E-state index contributed by atoms with van der Waals surface area (Å²) in [6.07, 6.45) is 0. The number of hydrogen-bond acceptors (Lipinski definition) is 6. The van der Waals surface area contributed by atoms with Gasteiger partial charge in [0.1, 0.15) is 9.90 Å². The van der Waals surface area contributed by atoms with Crippen LogP contribution in [0.1, 0.15) is 20.8 Å². The number of amides is 1. The quantitative estimate of drug-likeness (QED) is 0.595. The number of nitrogens with one attached hydrogen (secondary N) is 1. The van der Waals surface area contributed by atoms with Crippen molar-refractivity contribution in [3.8, 4) is 0 Å². The molecule has 1 amide bonds. The third kappa shape index (κ3) is 3.83. The lowest BCUT2D eigenvalue weighted by atomic mass is 10.2. The molecule has 30 heavy (non-hydrogen) atoms. The lowest BCUT2D eigenvalue weighted by Crippen LogP contribution is -2.50. The summed E-state index contributed by atoms with van der Waals surface area (Å²) < 4.78 is 31.8. The Bertz CT molecular complexity index is 1230. The van der Waals surface area contributed by atoms with Crippen LogP contribution in [0.3, 0.4) is 0 Å². The zero-order valence-corrected chi connectivity index (χ0v) is 18.3. The van der Waals surface area contributed by atoms with Gasteiger partial charge < -0.3 is 14.6 Å². The molecule has 3 aromatic rings. The maximum absolute atomic E-state index is 12.9. The normalized spacial score (nSPS) is 15.5. The first-order chi connectivity index (χ1) is 14.3. The highest BCUT2D eigenvalue weighted by molar-refractivity contribution is 7.91. The van der Waals surface area contributed by atoms with Gasteiger partial charge in [-0.05, 0) is 30.3 Å². The number of hydrogen-bond donors (Lipinski definition) is 1. The maximum Gasteiger partial charge on any atom is 0.338 e. The Labute approximate surface area is 182 Å². The predicted molar refractivity (Wildman–Crippen MR) is 114 cm³/mol. The molecule has 0 spiro atoms. The summed E-state index contributed by atoms with van der Waals surface area (Å²) in [5, 5.41) is 2.88. The number of benzene rings is 1. The van der Waals surface area contributed by atoms with Crippen molar-refractivity contribution in [2.24, 2.45) is 0 Å². The Balaban J connectivity index is 1.45. The van der Waals surface area contributed by atoms with Crippen LogP contribution < -0.4 is 0 Å². The highest BCUT2D eigenvalue weighted by Crippen LogP contribution is 2.26. The van der Waals surface area contributed by atoms with Crippen LogP contribution in [0.5, 0.6) is 0 Å². The van der Waals surface area contributed by atoms with E-state index in [0.717, 1.165) is 22.2 Å². The standard InChI is InChI=1S/C19H18ClN3O5S2/c1-28-19(25)13-10-17(29-11-13)30(26,27)23-6-4-22(5-7-23)18(24)16-9-12-8-14(20)2-3-15(12)21-16/h2-3,8-11,21H,4-7H2,1H3. The number of aromatic amines is 1. The second-order valence-electron chi connectivity index (χ2n) is 6.76. The highest BCUT2D eigenvalue weighted by Gasteiger charge is 2.32. The lowest BCUT2D eigenvalue weighted by molar-refractivity contribution is 0.0600. The molecular formula is C19H18ClN3O5S2. The van der Waals surface area contributed by atoms with Crippen LogP contribution in [0.2, 0.25) is 5.02 Å². The molecular weight excluding hydrogens is 450 g/mol. The summed E-state index contributed by atoms with van der Waals surface area (Å²) in [5.74, 6) is -0.772. The molecule has 1 aliphatic rings. The molecule has 0 bridgehead atoms. The van der Waals surface area contributed by atoms with Gasteiger partial charge in [-0.25, -0.2) is 13.2 Å². The molecule has 158 valence electrons. The molecule has 8 nitrogen and oxygen atoms in total. The number of aromatic nitrogens is 1. The van der Waals surface area contributed by atoms with Crippen LogP contribution in [0.15, 0.2) is 39.9 Å². The monoisotopic (exact) mass is 467 g/mol. The molecule has 1 saturated heterocycles. The largest absolute Gasteiger partial charge is 0.465 e. The molecule has 3 heterocycles. The van der Waals surface area contributed by atoms with Crippen LogP contribution in [-0.2, 0) is 14.8 Å². The van der Waals surface area contributed by atoms with Crippen molar-refractivity contribution in [2.75, 3.05) is 33.3 Å². The van der Waals surface area contributed by atoms with Gasteiger partial charge in [-0.3, -0.25) is 4.79 Å². The number of halogens is 1. The van der Waals surface area contributed by atoms with E-state index in [9.17, 15) is 18.0 Å². The van der Waals surface area contributed by atoms with Crippen LogP contribution in [0.4, 0.5) is 0 Å². The Morgan fingerprint density at radius 3 is 2.57 bits per heavy atom. The fraction of sp³-hybridized carbons (Fsp3) is 0.263. The molecule has 0 unspecified atom stereocenters. The molecule has 11 heteroatoms. The molecule has 1 aliphatic heterocycles. The van der Waals surface area contributed by atoms with E-state index in [1.807, 2.05) is 6.07 Å². The van der Waals surface area contributed by atoms with E-state index < -0.39 is 16.0 Å². The number of carbonyl (C=O) groups is 2. The van der Waals surface area contributed by atoms with E-state index in [4.69, 9.17) is 11.6 Å². The summed E-state index contributed by atoms with van der Waals surface area (Å²) in [6, 6.07) is 8.39. The fourth-order valence-electron chi connectivity index (χ4n) is 3.32. The number of ether oxygens (including phenoxy) is 1. The summed E-state index contributed by atoms with van der Waals surface area (Å²) in [4.78, 5) is 29.1. The van der Waals surface area contributed by atoms with Gasteiger partial charge in [0, 0.05) is 47.5 Å². The third-order valence-electron chi connectivity index (χ3n) is 4.93. The van der Waals surface area contributed by atoms with Crippen LogP contribution >= 0.6 is 22.9 Å². The van der Waals surface area contributed by atoms with Gasteiger partial charge in [-0.15, -0.1) is 11.3 Å². The van der Waals surface area contributed by atoms with Gasteiger partial charge >= 0.3 is 5.97 Å². The Morgan fingerprint density at radius 2 is 1.87 bits per heavy atom. The van der Waals surface area contributed by atoms with Crippen molar-refractivity contribution in [3.63, 3.8) is 0 Å². The molecule has 0 atom stereocenters. The van der Waals surface area contributed by atoms with Crippen LogP contribution in [-0.4, -0.2) is 67.8 Å². The van der Waals surface area contributed by atoms with Crippen LogP contribution in [0, 0.1) is 0 Å². The number of fused-ring (bicyclic) bond motifs is 1. The van der Waals surface area contributed by atoms with E-state index in [0.29, 0.717) is 10.7 Å². The van der Waals surface area contributed by atoms with Gasteiger partial charge in [-0.2, -0.15) is 4.31 Å². The fourth-order valence-corrected chi connectivity index (χ4v) is 6.23. The van der Waals surface area contributed by atoms with Crippen molar-refractivity contribution in [1.29, 1.82) is 0 Å². The predicted octanol–water partition coefficient (Wildman–Crippen LogP) is 2.82. The first-order valence-corrected chi connectivity index (χ1v) is 11.7. The van der Waals surface area contributed by atoms with Crippen molar-refractivity contribution < 1.29 is 22.7 Å². The smallest absolute Gasteiger partial charge is 0.338 e. The number of rotatable bonds is 4. The topological polar surface area (TPSA) is 99.8 Å². The van der Waals surface area contributed by atoms with Crippen molar-refractivity contribution in [3.05, 3.63) is 52.0 Å². The van der Waals surface area contributed by atoms with Crippen molar-refractivity contribution in [2.45, 2.75) is 4.21 Å². The summed E-state index contributed by atoms with van der Waals surface area (Å²) in [5.41, 5.74) is 1.45. The summed E-state index contributed by atoms with van der Waals surface area (Å²) in [6.45, 7) is 0.879. The maximum atomic E-state index is 12.9. The van der Waals surface area contributed by atoms with Crippen molar-refractivity contribution >= 4 is 55.7 Å². The molecule has 0 aliphatic carbocycles. The first kappa shape index (κ1) is 20.9. The second-order valence-corrected chi connectivity index (χ2v) is 10.3. The zero-order valence-electron chi connectivity index (χ0n) is 15.9. The Hall–Kier alpha value is -2.40. The van der Waals surface area contributed by atoms with Gasteiger partial charge in [0.15, 0.2) is 0 Å². The molecule has 4 rings (SSSR count). The molecule has 0 radical (unpaired) electrons. The van der Waals surface area contributed by atoms with E-state index in [1.54, 1.807) is 23.1 Å². The highest BCUT2D eigenvalue weighted by atomic mass is 35.5. The van der Waals surface area contributed by atoms with Crippen molar-refractivity contribution in [1.82, 2.24) is 14.2 Å². The average Bonchev–Trinajstić information content (AvgIpc) is 3.40. The average molecular weight is 468 g/mol. The summed E-state index contributed by atoms with van der Waals surface area (Å²) in [7, 11) is -2.50. The third-order valence-corrected chi connectivity index (χ3v) is 8.48. The number of esters is 1. The minimum absolute atomic E-state index is 0.0789. The van der Waals surface area contributed by atoms with Gasteiger partial charge in [0.25, 0.3) is 15.9 Å². The molecule has 1 N–H and O–H groups in total. The van der Waals surface area contributed by atoms with E-state index in [2.05, 4.69) is 9.72 Å². The number of methoxy groups -OCH3 is 1. The first-order valence-electron chi connectivity index (χ1n) is 9.04. The summed E-state index contributed by atoms with van der Waals surface area (Å²) >= 11 is 6.97. The Morgan fingerprint density at radius 1 is 1.13 bits per heavy atom. The second kappa shape index (κ2) is 8.03. The number of thiophene rings is 1. The Kier molecular flexibility index (Phi) is 5.58. The minimum atomic E-state index is -3.74. The molecule has 1 aromatic carbocycles. The van der Waals surface area contributed by atoms with Gasteiger partial charge in [0.2, 0.25) is 0 Å². The van der Waals surface area contributed by atoms with E-state index >= 15 is 0 Å². The number of sulfonamides is 1. The van der Waals surface area contributed by atoms with Gasteiger partial charge in [-0.1, -0.05) is 11.6 Å². The van der Waals surface area contributed by atoms with Gasteiger partial charge in [0.05, 0.1) is 12.7 Å². The molecule has 2 aromatic heterocycles. The van der Waals surface area contributed by atoms with Crippen LogP contribution in [0.25, 0.3) is 10.9 Å². The zero-order chi connectivity index (χ0) is 21.5. The van der Waals surface area contributed by atoms with E-state index in [1.165, 1.54) is 22.9 Å². The molecule has 0 saturated carbocycles. The number of H-pyrrole nitrogens is 1.